The Labute approximate surface area is 174 Å². The molecule has 2 N–H and O–H groups in total. The molecule has 0 saturated heterocycles. The van der Waals surface area contributed by atoms with Crippen LogP contribution in [0, 0.1) is 0 Å². The fourth-order valence-electron chi connectivity index (χ4n) is 2.95. The average Bonchev–Trinajstić information content (AvgIpc) is 3.37. The minimum absolute atomic E-state index is 0.172. The third kappa shape index (κ3) is 4.60. The first-order valence-corrected chi connectivity index (χ1v) is 10.4. The van der Waals surface area contributed by atoms with Crippen LogP contribution in [0.3, 0.4) is 0 Å². The lowest BCUT2D eigenvalue weighted by atomic mass is 10.1. The summed E-state index contributed by atoms with van der Waals surface area (Å²) in [6.07, 6.45) is 0.313. The molecule has 2 aliphatic heterocycles. The number of hydrogen-bond acceptors (Lipinski definition) is 8. The van der Waals surface area contributed by atoms with Gasteiger partial charge in [-0.25, -0.2) is 9.59 Å². The number of esters is 1. The third-order valence-electron chi connectivity index (χ3n) is 4.08. The Morgan fingerprint density at radius 3 is 2.62 bits per heavy atom. The van der Waals surface area contributed by atoms with Crippen molar-refractivity contribution in [2.24, 2.45) is 4.99 Å². The van der Waals surface area contributed by atoms with Crippen molar-refractivity contribution in [1.29, 1.82) is 0 Å². The zero-order valence-electron chi connectivity index (χ0n) is 15.5. The number of aliphatic imine (C=N–C) groups is 1. The predicted molar refractivity (Wildman–Crippen MR) is 112 cm³/mol. The second kappa shape index (κ2) is 9.10. The van der Waals surface area contributed by atoms with Crippen LogP contribution in [0.5, 0.6) is 0 Å². The van der Waals surface area contributed by atoms with Crippen LogP contribution >= 0.6 is 23.1 Å². The first-order chi connectivity index (χ1) is 13.9. The van der Waals surface area contributed by atoms with Crippen LogP contribution in [0.25, 0.3) is 15.8 Å². The zero-order chi connectivity index (χ0) is 21.0. The van der Waals surface area contributed by atoms with Gasteiger partial charge >= 0.3 is 17.9 Å². The lowest BCUT2D eigenvalue weighted by Crippen LogP contribution is -2.20. The molecule has 2 aliphatic rings. The van der Waals surface area contributed by atoms with Crippen LogP contribution in [0.15, 0.2) is 39.5 Å². The maximum absolute atomic E-state index is 12.0. The third-order valence-corrected chi connectivity index (χ3v) is 6.16. The Morgan fingerprint density at radius 1 is 1.21 bits per heavy atom. The molecule has 0 aliphatic carbocycles. The molecule has 1 aromatic heterocycles. The normalized spacial score (nSPS) is 14.9. The van der Waals surface area contributed by atoms with Crippen LogP contribution in [0.2, 0.25) is 0 Å². The summed E-state index contributed by atoms with van der Waals surface area (Å²) >= 11 is 3.35. The van der Waals surface area contributed by atoms with Gasteiger partial charge in [0.15, 0.2) is 5.17 Å². The summed E-state index contributed by atoms with van der Waals surface area (Å²) in [7, 11) is 0. The number of rotatable bonds is 4. The Morgan fingerprint density at radius 2 is 1.93 bits per heavy atom. The van der Waals surface area contributed by atoms with E-state index >= 15 is 0 Å². The lowest BCUT2D eigenvalue weighted by molar-refractivity contribution is -0.159. The minimum Gasteiger partial charge on any atom is -0.473 e. The van der Waals surface area contributed by atoms with Crippen LogP contribution < -0.4 is 0 Å². The summed E-state index contributed by atoms with van der Waals surface area (Å²) in [4.78, 5) is 38.0. The molecule has 0 atom stereocenters. The highest BCUT2D eigenvalue weighted by Gasteiger charge is 2.34. The quantitative estimate of drug-likeness (QED) is 0.557. The highest BCUT2D eigenvalue weighted by molar-refractivity contribution is 8.17. The van der Waals surface area contributed by atoms with Gasteiger partial charge in [0, 0.05) is 32.5 Å². The van der Waals surface area contributed by atoms with Crippen molar-refractivity contribution in [3.63, 3.8) is 0 Å². The fourth-order valence-corrected chi connectivity index (χ4v) is 5.07. The molecule has 152 valence electrons. The Hall–Kier alpha value is -2.85. The molecule has 2 aromatic rings. The summed E-state index contributed by atoms with van der Waals surface area (Å²) < 4.78 is 6.40. The van der Waals surface area contributed by atoms with E-state index in [-0.39, 0.29) is 5.97 Å². The summed E-state index contributed by atoms with van der Waals surface area (Å²) in [5.74, 6) is -3.82. The Balaban J connectivity index is 0.000000353. The topological polar surface area (TPSA) is 117 Å². The van der Waals surface area contributed by atoms with Crippen LogP contribution in [0.4, 0.5) is 0 Å². The van der Waals surface area contributed by atoms with Gasteiger partial charge in [-0.15, -0.1) is 11.3 Å². The molecule has 29 heavy (non-hydrogen) atoms. The van der Waals surface area contributed by atoms with Gasteiger partial charge < -0.3 is 19.8 Å². The van der Waals surface area contributed by atoms with E-state index in [0.717, 1.165) is 28.9 Å². The summed E-state index contributed by atoms with van der Waals surface area (Å²) in [6.45, 7) is 3.95. The van der Waals surface area contributed by atoms with Crippen molar-refractivity contribution in [2.75, 3.05) is 19.7 Å². The van der Waals surface area contributed by atoms with E-state index in [9.17, 15) is 4.79 Å². The standard InChI is InChI=1S/C17H16N2O2S2.C2H2O4/c1-2-21-15(20)9-14-16(19-8-7-18-17(19)23-14)12-10-22-13-6-4-3-5-11(12)13;3-1(4)2(5)6/h3-6,10H,2,7-9H2,1H3;(H,3,4)(H,5,6). The van der Waals surface area contributed by atoms with E-state index in [2.05, 4.69) is 39.5 Å². The van der Waals surface area contributed by atoms with E-state index in [1.54, 1.807) is 23.1 Å². The van der Waals surface area contributed by atoms with E-state index in [1.165, 1.54) is 15.6 Å². The molecule has 10 heteroatoms. The van der Waals surface area contributed by atoms with Crippen molar-refractivity contribution >= 4 is 62.0 Å². The van der Waals surface area contributed by atoms with Crippen LogP contribution in [0.1, 0.15) is 18.9 Å². The van der Waals surface area contributed by atoms with Gasteiger partial charge in [-0.1, -0.05) is 30.0 Å². The number of amidine groups is 1. The van der Waals surface area contributed by atoms with Gasteiger partial charge in [-0.2, -0.15) is 0 Å². The van der Waals surface area contributed by atoms with E-state index in [0.29, 0.717) is 13.0 Å². The summed E-state index contributed by atoms with van der Waals surface area (Å²) in [6, 6.07) is 8.40. The number of carboxylic acids is 2. The number of carbonyl (C=O) groups excluding carboxylic acids is 1. The number of thioether (sulfide) groups is 1. The molecular formula is C19H18N2O6S2. The molecule has 0 fully saturated rings. The molecule has 0 bridgehead atoms. The molecule has 0 amide bonds. The van der Waals surface area contributed by atoms with Gasteiger partial charge in [0.1, 0.15) is 0 Å². The number of benzene rings is 1. The molecule has 1 aromatic carbocycles. The smallest absolute Gasteiger partial charge is 0.414 e. The van der Waals surface area contributed by atoms with Gasteiger partial charge in [0.2, 0.25) is 0 Å². The zero-order valence-corrected chi connectivity index (χ0v) is 17.1. The van der Waals surface area contributed by atoms with Gasteiger partial charge in [0.05, 0.1) is 25.3 Å². The second-order valence-corrected chi connectivity index (χ2v) is 7.90. The second-order valence-electron chi connectivity index (χ2n) is 5.93. The van der Waals surface area contributed by atoms with E-state index < -0.39 is 11.9 Å². The van der Waals surface area contributed by atoms with Gasteiger partial charge in [-0.3, -0.25) is 9.79 Å². The summed E-state index contributed by atoms with van der Waals surface area (Å²) in [5, 5.41) is 19.2. The molecule has 0 radical (unpaired) electrons. The Kier molecular flexibility index (Phi) is 6.55. The molecule has 0 unspecified atom stereocenters. The molecule has 0 spiro atoms. The van der Waals surface area contributed by atoms with Gasteiger partial charge in [-0.05, 0) is 13.0 Å². The van der Waals surface area contributed by atoms with Gasteiger partial charge in [0.25, 0.3) is 0 Å². The Bertz CT molecular complexity index is 1010. The molecular weight excluding hydrogens is 416 g/mol. The highest BCUT2D eigenvalue weighted by atomic mass is 32.2. The number of aliphatic carboxylic acids is 2. The number of carboxylic acid groups (broad SMARTS) is 2. The van der Waals surface area contributed by atoms with Crippen molar-refractivity contribution in [2.45, 2.75) is 13.3 Å². The molecule has 0 saturated carbocycles. The highest BCUT2D eigenvalue weighted by Crippen LogP contribution is 2.46. The van der Waals surface area contributed by atoms with E-state index in [1.807, 2.05) is 6.92 Å². The monoisotopic (exact) mass is 434 g/mol. The number of hydrogen-bond donors (Lipinski definition) is 2. The van der Waals surface area contributed by atoms with Crippen molar-refractivity contribution in [3.8, 4) is 0 Å². The maximum atomic E-state index is 12.0. The van der Waals surface area contributed by atoms with Crippen molar-refractivity contribution in [3.05, 3.63) is 40.1 Å². The molecule has 8 nitrogen and oxygen atoms in total. The van der Waals surface area contributed by atoms with Crippen molar-refractivity contribution in [1.82, 2.24) is 4.90 Å². The lowest BCUT2D eigenvalue weighted by Gasteiger charge is -2.16. The van der Waals surface area contributed by atoms with Crippen molar-refractivity contribution < 1.29 is 29.3 Å². The average molecular weight is 434 g/mol. The largest absolute Gasteiger partial charge is 0.473 e. The molecule has 4 rings (SSSR count). The first-order valence-electron chi connectivity index (χ1n) is 8.73. The SMILES string of the molecule is CCOC(=O)CC1=C(c2csc3ccccc23)N2CCN=C2S1.O=C(O)C(=O)O. The van der Waals surface area contributed by atoms with Crippen LogP contribution in [-0.4, -0.2) is 57.9 Å². The van der Waals surface area contributed by atoms with E-state index in [4.69, 9.17) is 24.5 Å². The number of thiophene rings is 1. The number of nitrogens with zero attached hydrogens (tertiary/aromatic N) is 2. The molecule has 3 heterocycles. The maximum Gasteiger partial charge on any atom is 0.414 e. The fraction of sp³-hybridized carbons (Fsp3) is 0.263. The summed E-state index contributed by atoms with van der Waals surface area (Å²) in [5.41, 5.74) is 2.33. The first kappa shape index (κ1) is 20.9. The minimum atomic E-state index is -1.82. The number of carbonyl (C=O) groups is 3. The predicted octanol–water partition coefficient (Wildman–Crippen LogP) is 3.10. The number of fused-ring (bicyclic) bond motifs is 2. The van der Waals surface area contributed by atoms with Crippen LogP contribution in [-0.2, 0) is 19.1 Å². The number of ether oxygens (including phenoxy) is 1.